The number of nitrogens with zero attached hydrogens (tertiary/aromatic N) is 5. The lowest BCUT2D eigenvalue weighted by atomic mass is 10.1. The number of nitrogens with one attached hydrogen (secondary N) is 2. The van der Waals surface area contributed by atoms with Gasteiger partial charge in [0.25, 0.3) is 0 Å². The molecule has 1 fully saturated rings. The van der Waals surface area contributed by atoms with Gasteiger partial charge in [-0.15, -0.1) is 0 Å². The maximum atomic E-state index is 12.4. The highest BCUT2D eigenvalue weighted by Gasteiger charge is 2.21. The van der Waals surface area contributed by atoms with Crippen molar-refractivity contribution in [3.63, 3.8) is 0 Å². The molecule has 0 amide bonds. The number of aliphatic hydroxyl groups is 1. The average molecular weight is 706 g/mol. The van der Waals surface area contributed by atoms with Crippen LogP contribution in [0.25, 0.3) is 0 Å². The number of esters is 1. The van der Waals surface area contributed by atoms with Gasteiger partial charge in [0, 0.05) is 32.4 Å². The highest BCUT2D eigenvalue weighted by Crippen LogP contribution is 2.30. The molecule has 4 rings (SSSR count). The third-order valence-electron chi connectivity index (χ3n) is 8.18. The summed E-state index contributed by atoms with van der Waals surface area (Å²) in [7, 11) is 4.07. The molecule has 49 heavy (non-hydrogen) atoms. The minimum Gasteiger partial charge on any atom is -0.425 e. The van der Waals surface area contributed by atoms with Crippen LogP contribution in [0.5, 0.6) is 5.75 Å². The summed E-state index contributed by atoms with van der Waals surface area (Å²) in [6.07, 6.45) is 12.4. The largest absolute Gasteiger partial charge is 0.425 e. The van der Waals surface area contributed by atoms with Gasteiger partial charge in [-0.3, -0.25) is 4.79 Å². The number of hydrogen-bond donors (Lipinski definition) is 3. The van der Waals surface area contributed by atoms with Crippen molar-refractivity contribution in [3.8, 4) is 5.75 Å². The molecule has 15 heteroatoms. The number of rotatable bonds is 21. The predicted octanol–water partition coefficient (Wildman–Crippen LogP) is 4.41. The first kappa shape index (κ1) is 38.5. The lowest BCUT2D eigenvalue weighted by Crippen LogP contribution is -2.37. The summed E-state index contributed by atoms with van der Waals surface area (Å²) in [5.74, 6) is 1.30. The molecule has 1 aromatic heterocycles. The molecule has 1 aliphatic heterocycles. The quantitative estimate of drug-likeness (QED) is 0.0727. The van der Waals surface area contributed by atoms with Gasteiger partial charge in [0.15, 0.2) is 0 Å². The molecule has 2 aromatic rings. The maximum absolute atomic E-state index is 12.4. The van der Waals surface area contributed by atoms with Crippen LogP contribution in [0.3, 0.4) is 0 Å². The van der Waals surface area contributed by atoms with Crippen LogP contribution in [0, 0.1) is 0 Å². The highest BCUT2D eigenvalue weighted by molar-refractivity contribution is 6.32. The number of carbonyl (C=O) groups is 1. The molecule has 0 bridgehead atoms. The van der Waals surface area contributed by atoms with Gasteiger partial charge in [-0.25, -0.2) is 0 Å². The van der Waals surface area contributed by atoms with Crippen LogP contribution in [0.2, 0.25) is 5.02 Å². The summed E-state index contributed by atoms with van der Waals surface area (Å²) >= 11 is 6.52. The van der Waals surface area contributed by atoms with Crippen molar-refractivity contribution in [1.29, 1.82) is 0 Å². The summed E-state index contributed by atoms with van der Waals surface area (Å²) in [6.45, 7) is 3.91. The molecule has 0 radical (unpaired) electrons. The summed E-state index contributed by atoms with van der Waals surface area (Å²) in [5, 5.41) is 15.8. The number of ether oxygens (including phenoxy) is 5. The minimum absolute atomic E-state index is 0.000832. The third kappa shape index (κ3) is 14.2. The molecule has 3 N–H and O–H groups in total. The van der Waals surface area contributed by atoms with Crippen molar-refractivity contribution < 1.29 is 33.6 Å². The Balaban J connectivity index is 1.25. The van der Waals surface area contributed by atoms with E-state index >= 15 is 0 Å². The van der Waals surface area contributed by atoms with Crippen molar-refractivity contribution in [1.82, 2.24) is 19.9 Å². The zero-order valence-electron chi connectivity index (χ0n) is 28.8. The summed E-state index contributed by atoms with van der Waals surface area (Å²) in [5.41, 5.74) is 0.646. The molecular weight excluding hydrogens is 654 g/mol. The molecule has 1 aromatic carbocycles. The predicted molar refractivity (Wildman–Crippen MR) is 189 cm³/mol. The number of hydrogen-bond acceptors (Lipinski definition) is 14. The van der Waals surface area contributed by atoms with E-state index in [0.717, 1.165) is 25.8 Å². The number of likely N-dealkylation sites (N-methyl/N-ethyl adjacent to an activating group) is 1. The van der Waals surface area contributed by atoms with Crippen LogP contribution in [0.1, 0.15) is 51.4 Å². The fraction of sp³-hybridized carbons (Fsp3) is 0.647. The number of anilines is 4. The Hall–Kier alpha value is -3.27. The lowest BCUT2D eigenvalue weighted by molar-refractivity contribution is -0.135. The van der Waals surface area contributed by atoms with E-state index in [1.165, 1.54) is 25.7 Å². The number of aliphatic hydroxyl groups excluding tert-OH is 1. The Morgan fingerprint density at radius 1 is 0.918 bits per heavy atom. The Kier molecular flexibility index (Phi) is 17.1. The molecule has 1 aliphatic carbocycles. The summed E-state index contributed by atoms with van der Waals surface area (Å²) < 4.78 is 26.8. The van der Waals surface area contributed by atoms with E-state index in [1.54, 1.807) is 18.2 Å². The molecule has 1 saturated carbocycles. The van der Waals surface area contributed by atoms with Gasteiger partial charge in [-0.1, -0.05) is 37.3 Å². The average Bonchev–Trinajstić information content (AvgIpc) is 3.36. The van der Waals surface area contributed by atoms with E-state index in [9.17, 15) is 4.79 Å². The molecule has 0 saturated heterocycles. The fourth-order valence-electron chi connectivity index (χ4n) is 5.42. The highest BCUT2D eigenvalue weighted by atomic mass is 35.5. The first-order valence-electron chi connectivity index (χ1n) is 17.2. The number of halogens is 1. The van der Waals surface area contributed by atoms with Crippen molar-refractivity contribution >= 4 is 41.1 Å². The molecular formula is C34H52ClN7O7. The van der Waals surface area contributed by atoms with E-state index in [2.05, 4.69) is 39.8 Å². The number of carbonyl (C=O) groups excluding carboxylic acids is 1. The van der Waals surface area contributed by atoms with Crippen molar-refractivity contribution in [2.75, 3.05) is 95.6 Å². The van der Waals surface area contributed by atoms with Crippen LogP contribution in [-0.2, 0) is 23.7 Å². The van der Waals surface area contributed by atoms with E-state index < -0.39 is 5.97 Å². The standard InChI is InChI=1S/C34H52ClN7O7/c1-41-14-11-28(12-15-41)42(2)34-39-32(36-26-7-5-3-4-6-8-26)38-33(40-34)37-27-9-10-30(29(35)25-27)49-31(44)13-17-45-19-21-47-23-24-48-22-20-46-18-16-43/h9-11,14,25-26,28,43H,3-8,12-13,15-24H2,1-2H3,(H2,36,37,38,39,40). The van der Waals surface area contributed by atoms with Gasteiger partial charge in [0.2, 0.25) is 17.8 Å². The Morgan fingerprint density at radius 2 is 1.57 bits per heavy atom. The second-order valence-corrected chi connectivity index (χ2v) is 12.5. The molecule has 2 aliphatic rings. The van der Waals surface area contributed by atoms with Crippen LogP contribution >= 0.6 is 11.6 Å². The lowest BCUT2D eigenvalue weighted by Gasteiger charge is -2.31. The minimum atomic E-state index is -0.456. The van der Waals surface area contributed by atoms with E-state index in [0.29, 0.717) is 75.8 Å². The Morgan fingerprint density at radius 3 is 2.20 bits per heavy atom. The Labute approximate surface area is 294 Å². The zero-order valence-corrected chi connectivity index (χ0v) is 29.5. The molecule has 14 nitrogen and oxygen atoms in total. The normalized spacial score (nSPS) is 16.7. The first-order valence-corrected chi connectivity index (χ1v) is 17.6. The van der Waals surface area contributed by atoms with Crippen LogP contribution < -0.4 is 20.3 Å². The molecule has 2 heterocycles. The number of benzene rings is 1. The van der Waals surface area contributed by atoms with Gasteiger partial charge in [0.05, 0.1) is 76.9 Å². The van der Waals surface area contributed by atoms with E-state index in [4.69, 9.17) is 55.3 Å². The van der Waals surface area contributed by atoms with Gasteiger partial charge < -0.3 is 49.2 Å². The second-order valence-electron chi connectivity index (χ2n) is 12.1. The number of aromatic nitrogens is 3. The van der Waals surface area contributed by atoms with Crippen molar-refractivity contribution in [3.05, 3.63) is 35.5 Å². The Bertz CT molecular complexity index is 1300. The SMILES string of the molecule is CN1C=CC(N(C)c2nc(Nc3ccc(OC(=O)CCOCCOCCOCCOCCO)c(Cl)c3)nc(NC3CCCCCC3)n2)CC1. The van der Waals surface area contributed by atoms with Crippen LogP contribution in [-0.4, -0.2) is 123 Å². The fourth-order valence-corrected chi connectivity index (χ4v) is 5.64. The second kappa shape index (κ2) is 21.7. The van der Waals surface area contributed by atoms with Crippen LogP contribution in [0.15, 0.2) is 30.5 Å². The smallest absolute Gasteiger partial charge is 0.313 e. The van der Waals surface area contributed by atoms with Gasteiger partial charge >= 0.3 is 5.97 Å². The van der Waals surface area contributed by atoms with Gasteiger partial charge in [-0.05, 0) is 49.7 Å². The first-order chi connectivity index (χ1) is 23.9. The van der Waals surface area contributed by atoms with Gasteiger partial charge in [0.1, 0.15) is 5.75 Å². The summed E-state index contributed by atoms with van der Waals surface area (Å²) in [6, 6.07) is 5.57. The van der Waals surface area contributed by atoms with Gasteiger partial charge in [-0.2, -0.15) is 15.0 Å². The molecule has 0 spiro atoms. The molecule has 1 atom stereocenters. The van der Waals surface area contributed by atoms with Crippen LogP contribution in [0.4, 0.5) is 23.5 Å². The van der Waals surface area contributed by atoms with E-state index in [1.807, 2.05) is 7.05 Å². The molecule has 272 valence electrons. The van der Waals surface area contributed by atoms with Crippen molar-refractivity contribution in [2.45, 2.75) is 63.5 Å². The monoisotopic (exact) mass is 705 g/mol. The summed E-state index contributed by atoms with van der Waals surface area (Å²) in [4.78, 5) is 31.0. The zero-order chi connectivity index (χ0) is 34.7. The third-order valence-corrected chi connectivity index (χ3v) is 8.47. The molecule has 1 unspecified atom stereocenters. The topological polar surface area (TPSA) is 153 Å². The maximum Gasteiger partial charge on any atom is 0.313 e. The van der Waals surface area contributed by atoms with E-state index in [-0.39, 0.29) is 36.4 Å². The van der Waals surface area contributed by atoms with Crippen molar-refractivity contribution in [2.24, 2.45) is 0 Å².